The molecular weight excluding hydrogens is 738 g/mol. The fraction of sp³-hybridized carbons (Fsp3) is 0. The molecule has 0 saturated heterocycles. The molecule has 8 nitrogen and oxygen atoms in total. The molecule has 0 bridgehead atoms. The van der Waals surface area contributed by atoms with E-state index in [1.807, 2.05) is 12.1 Å². The topological polar surface area (TPSA) is 132 Å². The number of benzene rings is 2. The van der Waals surface area contributed by atoms with Crippen LogP contribution in [0.2, 0.25) is 0 Å². The number of nitrogens with one attached hydrogen (secondary N) is 1. The van der Waals surface area contributed by atoms with Crippen LogP contribution in [0.25, 0.3) is 0 Å². The van der Waals surface area contributed by atoms with Gasteiger partial charge in [-0.1, -0.05) is 12.1 Å². The molecule has 4 rings (SSSR count). The van der Waals surface area contributed by atoms with E-state index in [-0.39, 0.29) is 9.79 Å². The predicted octanol–water partition coefficient (Wildman–Crippen LogP) is 5.37. The maximum absolute atomic E-state index is 12.0. The number of hydrogen-bond acceptors (Lipinski definition) is 7. The van der Waals surface area contributed by atoms with Crippen LogP contribution < -0.4 is 10.5 Å². The molecule has 0 unspecified atom stereocenters. The standard InChI is InChI=1S/C11H9IN2O2S.C6H4ClIO2S.C5H6N2/c12-9-4-6-10(7-5-9)17(15,16)14-11-3-1-2-8-13-11;7-11(9,10)6-3-1-5(8)2-4-6;6-5-3-1-2-4-7-5/h1-8H,(H,13,14);1-4H;1-4H,(H2,6,7). The Kier molecular flexibility index (Phi) is 11.6. The minimum absolute atomic E-state index is 0.139. The van der Waals surface area contributed by atoms with Crippen LogP contribution in [0.3, 0.4) is 0 Å². The Morgan fingerprint density at radius 2 is 1.17 bits per heavy atom. The van der Waals surface area contributed by atoms with Gasteiger partial charge in [0.2, 0.25) is 0 Å². The van der Waals surface area contributed by atoms with Crippen LogP contribution in [-0.4, -0.2) is 26.8 Å². The second kappa shape index (κ2) is 13.9. The van der Waals surface area contributed by atoms with Crippen LogP contribution >= 0.6 is 55.9 Å². The van der Waals surface area contributed by atoms with Crippen molar-refractivity contribution in [2.75, 3.05) is 10.5 Å². The normalized spacial score (nSPS) is 10.7. The second-order valence-corrected chi connectivity index (χ2v) is 13.2. The molecule has 0 saturated carbocycles. The molecule has 4 aromatic rings. The molecule has 2 aromatic carbocycles. The van der Waals surface area contributed by atoms with Gasteiger partial charge in [-0.25, -0.2) is 26.8 Å². The predicted molar refractivity (Wildman–Crippen MR) is 155 cm³/mol. The fourth-order valence-electron chi connectivity index (χ4n) is 2.21. The van der Waals surface area contributed by atoms with Crippen LogP contribution in [0.1, 0.15) is 0 Å². The summed E-state index contributed by atoms with van der Waals surface area (Å²) in [5.41, 5.74) is 5.25. The Hall–Kier alpha value is -2.01. The lowest BCUT2D eigenvalue weighted by molar-refractivity contribution is 0.600. The molecule has 0 spiro atoms. The monoisotopic (exact) mass is 756 g/mol. The summed E-state index contributed by atoms with van der Waals surface area (Å²) in [7, 11) is -2.02. The van der Waals surface area contributed by atoms with Gasteiger partial charge in [0.1, 0.15) is 11.6 Å². The lowest BCUT2D eigenvalue weighted by atomic mass is 10.4. The summed E-state index contributed by atoms with van der Waals surface area (Å²) >= 11 is 4.21. The van der Waals surface area contributed by atoms with E-state index >= 15 is 0 Å². The molecular formula is C22H19ClI2N4O4S2. The van der Waals surface area contributed by atoms with E-state index in [1.54, 1.807) is 66.9 Å². The van der Waals surface area contributed by atoms with Crippen LogP contribution in [0, 0.1) is 7.14 Å². The number of sulfonamides is 1. The number of halogens is 3. The van der Waals surface area contributed by atoms with E-state index in [9.17, 15) is 16.8 Å². The quantitative estimate of drug-likeness (QED) is 0.212. The fourth-order valence-corrected chi connectivity index (χ4v) is 4.70. The van der Waals surface area contributed by atoms with Gasteiger partial charge in [0, 0.05) is 30.2 Å². The van der Waals surface area contributed by atoms with Crippen LogP contribution in [-0.2, 0) is 19.1 Å². The zero-order chi connectivity index (χ0) is 25.9. The molecule has 3 N–H and O–H groups in total. The van der Waals surface area contributed by atoms with E-state index in [4.69, 9.17) is 16.4 Å². The number of nitrogens with zero attached hydrogens (tertiary/aromatic N) is 2. The smallest absolute Gasteiger partial charge is 0.263 e. The summed E-state index contributed by atoms with van der Waals surface area (Å²) in [4.78, 5) is 8.04. The third-order valence-corrected chi connectivity index (χ3v) is 7.99. The summed E-state index contributed by atoms with van der Waals surface area (Å²) in [5, 5.41) is 0. The third-order valence-electron chi connectivity index (χ3n) is 3.81. The Morgan fingerprint density at radius 1 is 0.686 bits per heavy atom. The molecule has 0 atom stereocenters. The lowest BCUT2D eigenvalue weighted by Crippen LogP contribution is -2.13. The van der Waals surface area contributed by atoms with E-state index < -0.39 is 19.1 Å². The van der Waals surface area contributed by atoms with Crippen molar-refractivity contribution in [1.82, 2.24) is 9.97 Å². The SMILES string of the molecule is Nc1ccccn1.O=S(=O)(Cl)c1ccc(I)cc1.O=S(=O)(Nc1ccccn1)c1ccc(I)cc1. The first-order valence-electron chi connectivity index (χ1n) is 9.53. The van der Waals surface area contributed by atoms with Gasteiger partial charge >= 0.3 is 0 Å². The Morgan fingerprint density at radius 3 is 1.54 bits per heavy atom. The number of aromatic nitrogens is 2. The highest BCUT2D eigenvalue weighted by atomic mass is 127. The molecule has 0 aliphatic heterocycles. The number of nitrogen functional groups attached to an aromatic ring is 1. The van der Waals surface area contributed by atoms with E-state index in [0.29, 0.717) is 11.6 Å². The first kappa shape index (κ1) is 29.2. The minimum Gasteiger partial charge on any atom is -0.384 e. The van der Waals surface area contributed by atoms with Gasteiger partial charge in [-0.05, 0) is 118 Å². The van der Waals surface area contributed by atoms with Crippen LogP contribution in [0.15, 0.2) is 107 Å². The van der Waals surface area contributed by atoms with Crippen LogP contribution in [0.4, 0.5) is 11.6 Å². The van der Waals surface area contributed by atoms with Crippen molar-refractivity contribution in [2.24, 2.45) is 0 Å². The molecule has 0 radical (unpaired) electrons. The summed E-state index contributed by atoms with van der Waals surface area (Å²) in [6.07, 6.45) is 3.20. The average molecular weight is 757 g/mol. The van der Waals surface area contributed by atoms with Gasteiger partial charge < -0.3 is 5.73 Å². The lowest BCUT2D eigenvalue weighted by Gasteiger charge is -2.06. The Labute approximate surface area is 236 Å². The number of anilines is 2. The summed E-state index contributed by atoms with van der Waals surface area (Å²) < 4.78 is 49.7. The highest BCUT2D eigenvalue weighted by Gasteiger charge is 2.14. The van der Waals surface area contributed by atoms with E-state index in [1.165, 1.54) is 18.3 Å². The average Bonchev–Trinajstić information content (AvgIpc) is 2.81. The van der Waals surface area contributed by atoms with Crippen molar-refractivity contribution in [3.05, 3.63) is 104 Å². The van der Waals surface area contributed by atoms with Gasteiger partial charge in [-0.3, -0.25) is 4.72 Å². The van der Waals surface area contributed by atoms with Crippen molar-refractivity contribution >= 4 is 86.6 Å². The Balaban J connectivity index is 0.000000205. The largest absolute Gasteiger partial charge is 0.384 e. The molecule has 2 aromatic heterocycles. The summed E-state index contributed by atoms with van der Waals surface area (Å²) in [6.45, 7) is 0. The van der Waals surface area contributed by atoms with Crippen molar-refractivity contribution < 1.29 is 16.8 Å². The third kappa shape index (κ3) is 11.1. The molecule has 35 heavy (non-hydrogen) atoms. The van der Waals surface area contributed by atoms with Gasteiger partial charge in [-0.2, -0.15) is 0 Å². The van der Waals surface area contributed by atoms with Crippen LogP contribution in [0.5, 0.6) is 0 Å². The summed E-state index contributed by atoms with van der Waals surface area (Å²) in [6, 6.07) is 23.4. The number of rotatable bonds is 4. The number of pyridine rings is 2. The maximum Gasteiger partial charge on any atom is 0.263 e. The first-order valence-corrected chi connectivity index (χ1v) is 15.5. The zero-order valence-corrected chi connectivity index (χ0v) is 24.5. The molecule has 0 aliphatic carbocycles. The molecule has 0 fully saturated rings. The number of hydrogen-bond donors (Lipinski definition) is 2. The summed E-state index contributed by atoms with van der Waals surface area (Å²) in [5.74, 6) is 0.883. The van der Waals surface area contributed by atoms with Gasteiger partial charge in [0.05, 0.1) is 9.79 Å². The molecule has 13 heteroatoms. The molecule has 0 aliphatic rings. The number of nitrogens with two attached hydrogens (primary N) is 1. The van der Waals surface area contributed by atoms with Gasteiger partial charge in [0.15, 0.2) is 0 Å². The van der Waals surface area contributed by atoms with Gasteiger partial charge in [-0.15, -0.1) is 0 Å². The first-order chi connectivity index (χ1) is 16.5. The Bertz CT molecular complexity index is 1410. The second-order valence-electron chi connectivity index (χ2n) is 6.42. The highest BCUT2D eigenvalue weighted by molar-refractivity contribution is 14.1. The van der Waals surface area contributed by atoms with Crippen molar-refractivity contribution in [3.8, 4) is 0 Å². The zero-order valence-electron chi connectivity index (χ0n) is 17.8. The highest BCUT2D eigenvalue weighted by Crippen LogP contribution is 2.16. The van der Waals surface area contributed by atoms with Crippen molar-refractivity contribution in [3.63, 3.8) is 0 Å². The van der Waals surface area contributed by atoms with E-state index in [2.05, 4.69) is 59.9 Å². The minimum atomic E-state index is -3.55. The molecule has 0 amide bonds. The van der Waals surface area contributed by atoms with Crippen molar-refractivity contribution in [1.29, 1.82) is 0 Å². The van der Waals surface area contributed by atoms with Gasteiger partial charge in [0.25, 0.3) is 19.1 Å². The van der Waals surface area contributed by atoms with Crippen molar-refractivity contribution in [2.45, 2.75) is 9.79 Å². The molecule has 184 valence electrons. The maximum atomic E-state index is 12.0. The van der Waals surface area contributed by atoms with E-state index in [0.717, 1.165) is 7.14 Å². The molecule has 2 heterocycles.